The summed E-state index contributed by atoms with van der Waals surface area (Å²) in [5, 5.41) is 11.3. The van der Waals surface area contributed by atoms with E-state index in [-0.39, 0.29) is 22.7 Å². The molecule has 2 N–H and O–H groups in total. The first-order valence-electron chi connectivity index (χ1n) is 7.39. The van der Waals surface area contributed by atoms with Crippen LogP contribution in [0.25, 0.3) is 11.0 Å². The molecule has 0 aliphatic carbocycles. The maximum absolute atomic E-state index is 13.0. The fraction of sp³-hybridized carbons (Fsp3) is 0.125. The summed E-state index contributed by atoms with van der Waals surface area (Å²) in [5.74, 6) is -1.46. The van der Waals surface area contributed by atoms with Crippen LogP contribution in [-0.4, -0.2) is 30.9 Å². The van der Waals surface area contributed by atoms with Crippen LogP contribution >= 0.6 is 0 Å². The van der Waals surface area contributed by atoms with Crippen molar-refractivity contribution in [1.82, 2.24) is 9.97 Å². The summed E-state index contributed by atoms with van der Waals surface area (Å²) >= 11 is 0. The van der Waals surface area contributed by atoms with E-state index in [0.717, 1.165) is 4.31 Å². The van der Waals surface area contributed by atoms with Gasteiger partial charge in [-0.1, -0.05) is 18.2 Å². The van der Waals surface area contributed by atoms with Gasteiger partial charge in [-0.25, -0.2) is 13.2 Å². The number of rotatable bonds is 5. The first-order valence-corrected chi connectivity index (χ1v) is 8.83. The number of carbonyl (C=O) groups excluding carboxylic acids is 1. The molecule has 2 aromatic carbocycles. The van der Waals surface area contributed by atoms with Gasteiger partial charge in [0, 0.05) is 12.1 Å². The number of nitrogens with one attached hydrogen (secondary N) is 2. The molecule has 0 radical (unpaired) electrons. The van der Waals surface area contributed by atoms with Crippen LogP contribution in [0.15, 0.2) is 52.2 Å². The third-order valence-electron chi connectivity index (χ3n) is 3.76. The van der Waals surface area contributed by atoms with Gasteiger partial charge in [0.1, 0.15) is 0 Å². The Kier molecular flexibility index (Phi) is 4.09. The predicted molar refractivity (Wildman–Crippen MR) is 89.9 cm³/mol. The number of carboxylic acids is 1. The van der Waals surface area contributed by atoms with Gasteiger partial charge in [0.2, 0.25) is 0 Å². The summed E-state index contributed by atoms with van der Waals surface area (Å²) < 4.78 is 27.0. The number of benzene rings is 2. The third kappa shape index (κ3) is 2.89. The summed E-state index contributed by atoms with van der Waals surface area (Å²) in [6, 6.07) is 9.88. The molecule has 3 aromatic rings. The third-order valence-corrected chi connectivity index (χ3v) is 5.64. The van der Waals surface area contributed by atoms with Crippen LogP contribution in [0.3, 0.4) is 0 Å². The van der Waals surface area contributed by atoms with Crippen molar-refractivity contribution in [1.29, 1.82) is 0 Å². The van der Waals surface area contributed by atoms with E-state index >= 15 is 0 Å². The minimum Gasteiger partial charge on any atom is -0.545 e. The number of sulfonamides is 1. The quantitative estimate of drug-likeness (QED) is 0.682. The van der Waals surface area contributed by atoms with Crippen LogP contribution in [0.4, 0.5) is 5.69 Å². The van der Waals surface area contributed by atoms with E-state index in [2.05, 4.69) is 9.97 Å². The highest BCUT2D eigenvalue weighted by Crippen LogP contribution is 2.27. The van der Waals surface area contributed by atoms with Crippen molar-refractivity contribution >= 4 is 32.7 Å². The van der Waals surface area contributed by atoms with Crippen molar-refractivity contribution in [2.24, 2.45) is 0 Å². The van der Waals surface area contributed by atoms with Gasteiger partial charge < -0.3 is 19.9 Å². The summed E-state index contributed by atoms with van der Waals surface area (Å²) in [5.41, 5.74) is 0.174. The SMILES string of the molecule is CCN(c1ccccc1C(=O)[O-])S(=O)(=O)c1ccc2[nH]c(=O)[nH]c2c1. The maximum Gasteiger partial charge on any atom is 0.323 e. The first kappa shape index (κ1) is 16.8. The predicted octanol–water partition coefficient (Wildman–Crippen LogP) is 0.435. The van der Waals surface area contributed by atoms with Gasteiger partial charge in [0.25, 0.3) is 10.0 Å². The van der Waals surface area contributed by atoms with Gasteiger partial charge in [-0.2, -0.15) is 0 Å². The fourth-order valence-corrected chi connectivity index (χ4v) is 4.15. The van der Waals surface area contributed by atoms with Crippen LogP contribution in [0, 0.1) is 0 Å². The van der Waals surface area contributed by atoms with E-state index in [0.29, 0.717) is 11.0 Å². The lowest BCUT2D eigenvalue weighted by Crippen LogP contribution is -2.34. The molecule has 25 heavy (non-hydrogen) atoms. The largest absolute Gasteiger partial charge is 0.545 e. The number of hydrogen-bond donors (Lipinski definition) is 2. The molecule has 0 atom stereocenters. The van der Waals surface area contributed by atoms with Crippen molar-refractivity contribution in [2.75, 3.05) is 10.8 Å². The van der Waals surface area contributed by atoms with Crippen LogP contribution in [0.5, 0.6) is 0 Å². The molecule has 0 saturated carbocycles. The van der Waals surface area contributed by atoms with Crippen LogP contribution in [-0.2, 0) is 10.0 Å². The Balaban J connectivity index is 2.16. The van der Waals surface area contributed by atoms with E-state index < -0.39 is 21.7 Å². The molecule has 0 spiro atoms. The maximum atomic E-state index is 13.0. The number of imidazole rings is 1. The second-order valence-corrected chi connectivity index (χ2v) is 7.12. The number of fused-ring (bicyclic) bond motifs is 1. The second kappa shape index (κ2) is 6.10. The summed E-state index contributed by atoms with van der Waals surface area (Å²) in [6.07, 6.45) is 0. The number of hydrogen-bond acceptors (Lipinski definition) is 5. The Bertz CT molecular complexity index is 1110. The lowest BCUT2D eigenvalue weighted by Gasteiger charge is -2.25. The van der Waals surface area contributed by atoms with Crippen molar-refractivity contribution in [3.05, 3.63) is 58.5 Å². The molecule has 3 rings (SSSR count). The van der Waals surface area contributed by atoms with E-state index in [1.54, 1.807) is 13.0 Å². The van der Waals surface area contributed by atoms with Gasteiger partial charge >= 0.3 is 5.69 Å². The molecule has 0 bridgehead atoms. The lowest BCUT2D eigenvalue weighted by molar-refractivity contribution is -0.254. The Morgan fingerprint density at radius 3 is 2.48 bits per heavy atom. The van der Waals surface area contributed by atoms with Gasteiger partial charge in [-0.05, 0) is 31.2 Å². The van der Waals surface area contributed by atoms with Gasteiger partial charge in [0.05, 0.1) is 27.6 Å². The molecule has 0 fully saturated rings. The normalized spacial score (nSPS) is 11.6. The molecule has 8 nitrogen and oxygen atoms in total. The highest BCUT2D eigenvalue weighted by molar-refractivity contribution is 7.92. The van der Waals surface area contributed by atoms with Gasteiger partial charge in [-0.15, -0.1) is 0 Å². The van der Waals surface area contributed by atoms with Gasteiger partial charge in [0.15, 0.2) is 0 Å². The molecule has 9 heteroatoms. The average Bonchev–Trinajstić information content (AvgIpc) is 2.94. The molecule has 0 amide bonds. The van der Waals surface area contributed by atoms with E-state index in [1.165, 1.54) is 36.4 Å². The summed E-state index contributed by atoms with van der Waals surface area (Å²) in [7, 11) is -4.04. The smallest absolute Gasteiger partial charge is 0.323 e. The number of carbonyl (C=O) groups is 1. The number of aromatic nitrogens is 2. The van der Waals surface area contributed by atoms with E-state index in [9.17, 15) is 23.1 Å². The van der Waals surface area contributed by atoms with Crippen molar-refractivity contribution in [2.45, 2.75) is 11.8 Å². The van der Waals surface area contributed by atoms with Crippen LogP contribution < -0.4 is 15.1 Å². The van der Waals surface area contributed by atoms with Crippen LogP contribution in [0.1, 0.15) is 17.3 Å². The number of nitrogens with zero attached hydrogens (tertiary/aromatic N) is 1. The molecule has 0 unspecified atom stereocenters. The Morgan fingerprint density at radius 1 is 1.12 bits per heavy atom. The van der Waals surface area contributed by atoms with E-state index in [1.807, 2.05) is 0 Å². The van der Waals surface area contributed by atoms with Crippen molar-refractivity contribution < 1.29 is 18.3 Å². The molecular formula is C16H14N3O5S-. The van der Waals surface area contributed by atoms with E-state index in [4.69, 9.17) is 0 Å². The molecular weight excluding hydrogens is 346 g/mol. The van der Waals surface area contributed by atoms with Gasteiger partial charge in [-0.3, -0.25) is 4.31 Å². The summed E-state index contributed by atoms with van der Waals surface area (Å²) in [4.78, 5) is 27.6. The molecule has 1 aromatic heterocycles. The Morgan fingerprint density at radius 2 is 1.80 bits per heavy atom. The molecule has 130 valence electrons. The topological polar surface area (TPSA) is 126 Å². The fourth-order valence-electron chi connectivity index (χ4n) is 2.63. The number of H-pyrrole nitrogens is 2. The van der Waals surface area contributed by atoms with Crippen molar-refractivity contribution in [3.63, 3.8) is 0 Å². The highest BCUT2D eigenvalue weighted by Gasteiger charge is 2.26. The zero-order valence-corrected chi connectivity index (χ0v) is 14.0. The summed E-state index contributed by atoms with van der Waals surface area (Å²) in [6.45, 7) is 1.62. The number of carboxylic acid groups (broad SMARTS) is 1. The number of aromatic amines is 2. The number of para-hydroxylation sites is 1. The lowest BCUT2D eigenvalue weighted by atomic mass is 10.2. The number of aromatic carboxylic acids is 1. The zero-order chi connectivity index (χ0) is 18.2. The monoisotopic (exact) mass is 360 g/mol. The number of anilines is 1. The minimum atomic E-state index is -4.04. The minimum absolute atomic E-state index is 0.0210. The average molecular weight is 360 g/mol. The molecule has 0 saturated heterocycles. The molecule has 0 aliphatic heterocycles. The Labute approximate surface area is 142 Å². The Hall–Kier alpha value is -3.07. The zero-order valence-electron chi connectivity index (χ0n) is 13.1. The molecule has 0 aliphatic rings. The van der Waals surface area contributed by atoms with Crippen molar-refractivity contribution in [3.8, 4) is 0 Å². The molecule has 1 heterocycles. The highest BCUT2D eigenvalue weighted by atomic mass is 32.2. The standard InChI is InChI=1S/C16H15N3O5S/c1-2-19(14-6-4-3-5-11(14)15(20)21)25(23,24)10-7-8-12-13(9-10)18-16(22)17-12/h3-9H,2H2,1H3,(H,20,21)(H2,17,18,22)/p-1. The first-order chi connectivity index (χ1) is 11.8. The van der Waals surface area contributed by atoms with Crippen LogP contribution in [0.2, 0.25) is 0 Å². The second-order valence-electron chi connectivity index (χ2n) is 5.26.